The maximum Gasteiger partial charge on any atom is 0.164 e. The SMILES string of the molecule is c1ccc(-c2nc(-c3ccccc3)nc(-c3cccc(-c4cc(-n5c6ccccc6c6ccccc65)cc5c4sc4ccc6oc7ccccc7c6c45)c3)n2)cc1. The zero-order valence-corrected chi connectivity index (χ0v) is 31.2. The van der Waals surface area contributed by atoms with Gasteiger partial charge in [0.2, 0.25) is 0 Å². The maximum absolute atomic E-state index is 6.44. The van der Waals surface area contributed by atoms with Crippen LogP contribution >= 0.6 is 11.3 Å². The van der Waals surface area contributed by atoms with Crippen LogP contribution in [0.5, 0.6) is 0 Å². The fourth-order valence-corrected chi connectivity index (χ4v) is 9.70. The van der Waals surface area contributed by atoms with Crippen LogP contribution in [0.2, 0.25) is 0 Å². The summed E-state index contributed by atoms with van der Waals surface area (Å²) in [4.78, 5) is 15.1. The van der Waals surface area contributed by atoms with Gasteiger partial charge in [-0.25, -0.2) is 15.0 Å². The molecule has 4 heterocycles. The lowest BCUT2D eigenvalue weighted by molar-refractivity contribution is 0.669. The molecule has 4 aromatic heterocycles. The van der Waals surface area contributed by atoms with E-state index in [9.17, 15) is 0 Å². The second-order valence-corrected chi connectivity index (χ2v) is 15.4. The van der Waals surface area contributed by atoms with Gasteiger partial charge in [-0.05, 0) is 54.1 Å². The first-order valence-electron chi connectivity index (χ1n) is 19.0. The maximum atomic E-state index is 6.44. The van der Waals surface area contributed by atoms with E-state index < -0.39 is 0 Å². The average Bonchev–Trinajstić information content (AvgIpc) is 3.96. The van der Waals surface area contributed by atoms with E-state index in [0.29, 0.717) is 17.5 Å². The first-order valence-corrected chi connectivity index (χ1v) is 19.8. The fourth-order valence-electron chi connectivity index (χ4n) is 8.48. The molecule has 0 aliphatic rings. The minimum atomic E-state index is 0.627. The summed E-state index contributed by atoms with van der Waals surface area (Å²) in [5, 5.41) is 7.16. The Morgan fingerprint density at radius 1 is 0.404 bits per heavy atom. The van der Waals surface area contributed by atoms with Crippen molar-refractivity contribution < 1.29 is 4.42 Å². The van der Waals surface area contributed by atoms with Crippen molar-refractivity contribution in [3.05, 3.63) is 182 Å². The Morgan fingerprint density at radius 2 is 0.965 bits per heavy atom. The minimum Gasteiger partial charge on any atom is -0.456 e. The summed E-state index contributed by atoms with van der Waals surface area (Å²) in [5.41, 5.74) is 10.3. The summed E-state index contributed by atoms with van der Waals surface area (Å²) in [7, 11) is 0. The van der Waals surface area contributed by atoms with Crippen molar-refractivity contribution in [1.82, 2.24) is 19.5 Å². The van der Waals surface area contributed by atoms with E-state index in [2.05, 4.69) is 120 Å². The van der Waals surface area contributed by atoms with Crippen LogP contribution in [-0.4, -0.2) is 19.5 Å². The highest BCUT2D eigenvalue weighted by Gasteiger charge is 2.21. The number of benzene rings is 8. The molecule has 0 saturated heterocycles. The smallest absolute Gasteiger partial charge is 0.164 e. The zero-order valence-electron chi connectivity index (χ0n) is 30.4. The summed E-state index contributed by atoms with van der Waals surface area (Å²) in [6.45, 7) is 0. The number of para-hydroxylation sites is 3. The largest absolute Gasteiger partial charge is 0.456 e. The number of nitrogens with zero attached hydrogens (tertiary/aromatic N) is 4. The van der Waals surface area contributed by atoms with E-state index in [0.717, 1.165) is 55.4 Å². The molecular formula is C51H30N4OS. The number of hydrogen-bond donors (Lipinski definition) is 0. The summed E-state index contributed by atoms with van der Waals surface area (Å²) in [5.74, 6) is 1.91. The van der Waals surface area contributed by atoms with E-state index in [-0.39, 0.29) is 0 Å². The van der Waals surface area contributed by atoms with Crippen molar-refractivity contribution in [3.8, 4) is 51.0 Å². The third-order valence-electron chi connectivity index (χ3n) is 11.0. The minimum absolute atomic E-state index is 0.627. The molecule has 5 nitrogen and oxygen atoms in total. The van der Waals surface area contributed by atoms with Crippen LogP contribution < -0.4 is 0 Å². The topological polar surface area (TPSA) is 56.7 Å². The van der Waals surface area contributed by atoms with Crippen LogP contribution in [0.4, 0.5) is 0 Å². The predicted molar refractivity (Wildman–Crippen MR) is 236 cm³/mol. The Kier molecular flexibility index (Phi) is 7.03. The number of aromatic nitrogens is 4. The lowest BCUT2D eigenvalue weighted by atomic mass is 9.98. The Morgan fingerprint density at radius 3 is 1.65 bits per heavy atom. The normalized spacial score (nSPS) is 11.9. The van der Waals surface area contributed by atoms with Gasteiger partial charge in [0.25, 0.3) is 0 Å². The molecule has 0 bridgehead atoms. The Labute approximate surface area is 330 Å². The van der Waals surface area contributed by atoms with Crippen LogP contribution in [0.1, 0.15) is 0 Å². The molecule has 0 aliphatic carbocycles. The number of fused-ring (bicyclic) bond motifs is 10. The lowest BCUT2D eigenvalue weighted by Gasteiger charge is -2.13. The molecule has 0 fully saturated rings. The van der Waals surface area contributed by atoms with E-state index >= 15 is 0 Å². The van der Waals surface area contributed by atoms with Crippen LogP contribution in [0.15, 0.2) is 186 Å². The molecule has 0 saturated carbocycles. The number of rotatable bonds is 5. The van der Waals surface area contributed by atoms with Gasteiger partial charge in [0, 0.05) is 69.7 Å². The number of hydrogen-bond acceptors (Lipinski definition) is 5. The Balaban J connectivity index is 1.15. The van der Waals surface area contributed by atoms with Crippen molar-refractivity contribution in [1.29, 1.82) is 0 Å². The van der Waals surface area contributed by atoms with Crippen LogP contribution in [0.25, 0.3) is 115 Å². The standard InChI is InChI=1S/C51H30N4OS/c1-3-14-31(15-4-1)49-52-50(32-16-5-2-6-17-32)54-51(53-49)34-19-13-18-33(28-34)39-29-35(55-41-23-10-7-20-36(41)37-21-8-11-24-42(37)55)30-40-47-45(57-48(39)40)27-26-44-46(47)38-22-9-12-25-43(38)56-44/h1-30H. The fraction of sp³-hybridized carbons (Fsp3) is 0. The second-order valence-electron chi connectivity index (χ2n) is 14.4. The van der Waals surface area contributed by atoms with Crippen molar-refractivity contribution in [2.75, 3.05) is 0 Å². The van der Waals surface area contributed by atoms with Gasteiger partial charge in [-0.3, -0.25) is 0 Å². The van der Waals surface area contributed by atoms with E-state index in [1.807, 2.05) is 78.1 Å². The van der Waals surface area contributed by atoms with Gasteiger partial charge < -0.3 is 8.98 Å². The van der Waals surface area contributed by atoms with Crippen molar-refractivity contribution in [2.45, 2.75) is 0 Å². The molecule has 0 amide bonds. The third-order valence-corrected chi connectivity index (χ3v) is 12.2. The zero-order chi connectivity index (χ0) is 37.5. The van der Waals surface area contributed by atoms with Crippen molar-refractivity contribution >= 4 is 75.3 Å². The number of thiophene rings is 1. The second kappa shape index (κ2) is 12.6. The van der Waals surface area contributed by atoms with Crippen molar-refractivity contribution in [2.24, 2.45) is 0 Å². The molecule has 6 heteroatoms. The van der Waals surface area contributed by atoms with Crippen LogP contribution in [0.3, 0.4) is 0 Å². The number of furan rings is 1. The quantitative estimate of drug-likeness (QED) is 0.176. The van der Waals surface area contributed by atoms with Gasteiger partial charge in [0.1, 0.15) is 11.2 Å². The molecule has 0 aliphatic heterocycles. The molecule has 0 N–H and O–H groups in total. The monoisotopic (exact) mass is 746 g/mol. The molecule has 0 radical (unpaired) electrons. The van der Waals surface area contributed by atoms with E-state index in [1.54, 1.807) is 0 Å². The van der Waals surface area contributed by atoms with Crippen LogP contribution in [0, 0.1) is 0 Å². The molecule has 0 unspecified atom stereocenters. The van der Waals surface area contributed by atoms with Gasteiger partial charge in [-0.15, -0.1) is 11.3 Å². The summed E-state index contributed by atoms with van der Waals surface area (Å²) < 4.78 is 11.3. The average molecular weight is 747 g/mol. The molecule has 0 spiro atoms. The third kappa shape index (κ3) is 5.04. The highest BCUT2D eigenvalue weighted by atomic mass is 32.1. The summed E-state index contributed by atoms with van der Waals surface area (Å²) in [6, 6.07) is 63.8. The predicted octanol–water partition coefficient (Wildman–Crippen LogP) is 13.9. The van der Waals surface area contributed by atoms with Gasteiger partial charge in [0.15, 0.2) is 17.5 Å². The van der Waals surface area contributed by atoms with E-state index in [4.69, 9.17) is 19.4 Å². The lowest BCUT2D eigenvalue weighted by Crippen LogP contribution is -2.00. The Hall–Kier alpha value is -7.41. The molecular weight excluding hydrogens is 717 g/mol. The van der Waals surface area contributed by atoms with Gasteiger partial charge in [-0.1, -0.05) is 133 Å². The van der Waals surface area contributed by atoms with Gasteiger partial charge in [-0.2, -0.15) is 0 Å². The van der Waals surface area contributed by atoms with Crippen LogP contribution in [-0.2, 0) is 0 Å². The van der Waals surface area contributed by atoms with Gasteiger partial charge >= 0.3 is 0 Å². The molecule has 12 aromatic rings. The molecule has 12 rings (SSSR count). The van der Waals surface area contributed by atoms with Gasteiger partial charge in [0.05, 0.1) is 11.0 Å². The molecule has 57 heavy (non-hydrogen) atoms. The molecule has 8 aromatic carbocycles. The van der Waals surface area contributed by atoms with Crippen molar-refractivity contribution in [3.63, 3.8) is 0 Å². The highest BCUT2D eigenvalue weighted by molar-refractivity contribution is 7.26. The van der Waals surface area contributed by atoms with E-state index in [1.165, 1.54) is 42.0 Å². The summed E-state index contributed by atoms with van der Waals surface area (Å²) >= 11 is 1.83. The summed E-state index contributed by atoms with van der Waals surface area (Å²) in [6.07, 6.45) is 0. The Bertz CT molecular complexity index is 3420. The molecule has 0 atom stereocenters. The molecule has 266 valence electrons. The highest BCUT2D eigenvalue weighted by Crippen LogP contribution is 2.47. The first kappa shape index (κ1) is 31.9. The first-order chi connectivity index (χ1) is 28.2.